The van der Waals surface area contributed by atoms with E-state index in [0.717, 1.165) is 12.1 Å². The van der Waals surface area contributed by atoms with Crippen LogP contribution in [-0.4, -0.2) is 40.0 Å². The molecular weight excluding hydrogens is 366 g/mol. The maximum atomic E-state index is 12.2. The third kappa shape index (κ3) is 4.45. The van der Waals surface area contributed by atoms with Crippen LogP contribution in [0.2, 0.25) is 0 Å². The molecule has 2 rings (SSSR count). The van der Waals surface area contributed by atoms with Crippen LogP contribution in [0.15, 0.2) is 23.0 Å². The topological polar surface area (TPSA) is 141 Å². The van der Waals surface area contributed by atoms with Crippen molar-refractivity contribution in [2.24, 2.45) is 0 Å². The smallest absolute Gasteiger partial charge is 0.325 e. The van der Waals surface area contributed by atoms with E-state index in [1.807, 2.05) is 0 Å². The summed E-state index contributed by atoms with van der Waals surface area (Å²) in [7, 11) is 1.32. The second-order valence-electron chi connectivity index (χ2n) is 5.08. The van der Waals surface area contributed by atoms with Gasteiger partial charge in [0.1, 0.15) is 18.2 Å². The van der Waals surface area contributed by atoms with Gasteiger partial charge in [-0.15, -0.1) is 11.3 Å². The van der Waals surface area contributed by atoms with E-state index in [2.05, 4.69) is 10.3 Å². The van der Waals surface area contributed by atoms with Crippen molar-refractivity contribution in [3.63, 3.8) is 0 Å². The fourth-order valence-electron chi connectivity index (χ4n) is 1.95. The van der Waals surface area contributed by atoms with Gasteiger partial charge < -0.3 is 19.9 Å². The van der Waals surface area contributed by atoms with Crippen molar-refractivity contribution in [1.29, 1.82) is 0 Å². The van der Waals surface area contributed by atoms with Gasteiger partial charge in [0.05, 0.1) is 29.3 Å². The number of carbonyl (C=O) groups is 2. The minimum Gasteiger partial charge on any atom is -0.493 e. The van der Waals surface area contributed by atoms with Gasteiger partial charge in [-0.3, -0.25) is 19.7 Å². The van der Waals surface area contributed by atoms with Gasteiger partial charge in [0, 0.05) is 11.4 Å². The van der Waals surface area contributed by atoms with Crippen molar-refractivity contribution >= 4 is 28.9 Å². The van der Waals surface area contributed by atoms with Crippen molar-refractivity contribution in [1.82, 2.24) is 10.3 Å². The monoisotopic (exact) mass is 381 g/mol. The van der Waals surface area contributed by atoms with Crippen molar-refractivity contribution in [3.05, 3.63) is 44.4 Å². The first-order valence-corrected chi connectivity index (χ1v) is 8.17. The lowest BCUT2D eigenvalue weighted by molar-refractivity contribution is -0.385. The zero-order valence-corrected chi connectivity index (χ0v) is 14.6. The number of carboxylic acids is 1. The number of nitrogens with one attached hydrogen (secondary N) is 1. The Bertz CT molecular complexity index is 823. The first-order valence-electron chi connectivity index (χ1n) is 7.23. The average Bonchev–Trinajstić information content (AvgIpc) is 3.12. The molecule has 0 bridgehead atoms. The van der Waals surface area contributed by atoms with Gasteiger partial charge in [-0.25, -0.2) is 4.98 Å². The highest BCUT2D eigenvalue weighted by molar-refractivity contribution is 7.07. The van der Waals surface area contributed by atoms with Gasteiger partial charge >= 0.3 is 5.97 Å². The number of rotatable bonds is 8. The number of nitro benzene ring substituents is 1. The molecule has 1 aromatic carbocycles. The van der Waals surface area contributed by atoms with E-state index in [-0.39, 0.29) is 23.7 Å². The van der Waals surface area contributed by atoms with Crippen LogP contribution in [0.5, 0.6) is 11.5 Å². The number of aliphatic carboxylic acids is 1. The molecule has 0 unspecified atom stereocenters. The number of carboxylic acid groups (broad SMARTS) is 1. The quantitative estimate of drug-likeness (QED) is 0.521. The summed E-state index contributed by atoms with van der Waals surface area (Å²) >= 11 is 1.38. The van der Waals surface area contributed by atoms with Crippen molar-refractivity contribution in [2.75, 3.05) is 7.11 Å². The SMILES string of the molecule is COc1cc(C(=O)N[C@@H](C)C(=O)O)c([N+](=O)[O-])cc1OCc1cscn1. The van der Waals surface area contributed by atoms with E-state index in [0.29, 0.717) is 5.69 Å². The molecule has 1 aromatic heterocycles. The first kappa shape index (κ1) is 19.1. The van der Waals surface area contributed by atoms with Crippen molar-refractivity contribution in [2.45, 2.75) is 19.6 Å². The Balaban J connectivity index is 2.34. The number of amides is 1. The summed E-state index contributed by atoms with van der Waals surface area (Å²) in [5.41, 5.74) is 1.39. The number of benzene rings is 1. The van der Waals surface area contributed by atoms with Gasteiger partial charge in [0.25, 0.3) is 11.6 Å². The summed E-state index contributed by atoms with van der Waals surface area (Å²) in [6.45, 7) is 1.31. The number of nitrogens with zero attached hydrogens (tertiary/aromatic N) is 2. The Morgan fingerprint density at radius 1 is 1.42 bits per heavy atom. The van der Waals surface area contributed by atoms with Crippen LogP contribution >= 0.6 is 11.3 Å². The van der Waals surface area contributed by atoms with Gasteiger partial charge in [0.2, 0.25) is 0 Å². The van der Waals surface area contributed by atoms with Crippen LogP contribution in [0.3, 0.4) is 0 Å². The van der Waals surface area contributed by atoms with Gasteiger partial charge in [-0.2, -0.15) is 0 Å². The molecule has 0 fully saturated rings. The number of nitro groups is 1. The lowest BCUT2D eigenvalue weighted by Crippen LogP contribution is -2.38. The highest BCUT2D eigenvalue weighted by Crippen LogP contribution is 2.35. The number of methoxy groups -OCH3 is 1. The number of carbonyl (C=O) groups excluding carboxylic acids is 1. The summed E-state index contributed by atoms with van der Waals surface area (Å²) in [5, 5.41) is 24.1. The molecule has 26 heavy (non-hydrogen) atoms. The van der Waals surface area contributed by atoms with Crippen LogP contribution < -0.4 is 14.8 Å². The zero-order chi connectivity index (χ0) is 19.3. The summed E-state index contributed by atoms with van der Waals surface area (Å²) < 4.78 is 10.6. The molecule has 0 spiro atoms. The lowest BCUT2D eigenvalue weighted by atomic mass is 10.1. The standard InChI is InChI=1S/C15H15N3O7S/c1-8(15(20)21)17-14(19)10-3-12(24-2)13(4-11(10)18(22)23)25-5-9-6-26-7-16-9/h3-4,6-8H,5H2,1-2H3,(H,17,19)(H,20,21)/t8-/m0/s1. The molecule has 10 nitrogen and oxygen atoms in total. The Morgan fingerprint density at radius 2 is 2.15 bits per heavy atom. The Hall–Kier alpha value is -3.21. The molecule has 138 valence electrons. The fraction of sp³-hybridized carbons (Fsp3) is 0.267. The molecule has 0 aliphatic carbocycles. The Labute approximate surface area is 151 Å². The molecule has 0 aliphatic heterocycles. The van der Waals surface area contributed by atoms with Crippen molar-refractivity contribution < 1.29 is 29.1 Å². The van der Waals surface area contributed by atoms with E-state index < -0.39 is 28.5 Å². The van der Waals surface area contributed by atoms with E-state index in [1.165, 1.54) is 25.4 Å². The largest absolute Gasteiger partial charge is 0.493 e. The molecule has 2 N–H and O–H groups in total. The van der Waals surface area contributed by atoms with E-state index in [4.69, 9.17) is 14.6 Å². The molecule has 1 heterocycles. The van der Waals surface area contributed by atoms with Gasteiger partial charge in [-0.1, -0.05) is 0 Å². The second-order valence-corrected chi connectivity index (χ2v) is 5.80. The van der Waals surface area contributed by atoms with Gasteiger partial charge in [0.15, 0.2) is 11.5 Å². The minimum absolute atomic E-state index is 0.0648. The lowest BCUT2D eigenvalue weighted by Gasteiger charge is -2.13. The first-order chi connectivity index (χ1) is 12.3. The molecule has 0 saturated heterocycles. The summed E-state index contributed by atoms with van der Waals surface area (Å²) in [4.78, 5) is 37.7. The number of aromatic nitrogens is 1. The van der Waals surface area contributed by atoms with Crippen LogP contribution in [0.1, 0.15) is 23.0 Å². The predicted molar refractivity (Wildman–Crippen MR) is 90.7 cm³/mol. The molecule has 0 radical (unpaired) electrons. The molecule has 11 heteroatoms. The second kappa shape index (κ2) is 8.25. The van der Waals surface area contributed by atoms with Crippen LogP contribution in [0.4, 0.5) is 5.69 Å². The Morgan fingerprint density at radius 3 is 2.69 bits per heavy atom. The fourth-order valence-corrected chi connectivity index (χ4v) is 2.49. The average molecular weight is 381 g/mol. The number of hydrogen-bond donors (Lipinski definition) is 2. The number of thiazole rings is 1. The third-order valence-electron chi connectivity index (χ3n) is 3.30. The Kier molecular flexibility index (Phi) is 6.07. The molecule has 0 saturated carbocycles. The number of hydrogen-bond acceptors (Lipinski definition) is 8. The summed E-state index contributed by atoms with van der Waals surface area (Å²) in [6.07, 6.45) is 0. The molecular formula is C15H15N3O7S. The number of ether oxygens (including phenoxy) is 2. The highest BCUT2D eigenvalue weighted by atomic mass is 32.1. The van der Waals surface area contributed by atoms with Gasteiger partial charge in [-0.05, 0) is 6.92 Å². The zero-order valence-electron chi connectivity index (χ0n) is 13.8. The molecule has 1 amide bonds. The summed E-state index contributed by atoms with van der Waals surface area (Å²) in [5.74, 6) is -2.01. The summed E-state index contributed by atoms with van der Waals surface area (Å²) in [6, 6.07) is 0.984. The van der Waals surface area contributed by atoms with Crippen molar-refractivity contribution in [3.8, 4) is 11.5 Å². The van der Waals surface area contributed by atoms with E-state index in [9.17, 15) is 19.7 Å². The predicted octanol–water partition coefficient (Wildman–Crippen LogP) is 1.84. The normalized spacial score (nSPS) is 11.5. The van der Waals surface area contributed by atoms with Crippen LogP contribution in [0, 0.1) is 10.1 Å². The highest BCUT2D eigenvalue weighted by Gasteiger charge is 2.26. The molecule has 2 aromatic rings. The maximum absolute atomic E-state index is 12.2. The van der Waals surface area contributed by atoms with Crippen LogP contribution in [-0.2, 0) is 11.4 Å². The van der Waals surface area contributed by atoms with Crippen LogP contribution in [0.25, 0.3) is 0 Å². The molecule has 1 atom stereocenters. The third-order valence-corrected chi connectivity index (χ3v) is 3.94. The van der Waals surface area contributed by atoms with E-state index in [1.54, 1.807) is 10.9 Å². The molecule has 0 aliphatic rings. The van der Waals surface area contributed by atoms with E-state index >= 15 is 0 Å². The minimum atomic E-state index is -1.27. The maximum Gasteiger partial charge on any atom is 0.325 e.